The van der Waals surface area contributed by atoms with Crippen LogP contribution >= 0.6 is 0 Å². The lowest BCUT2D eigenvalue weighted by atomic mass is 9.95. The number of ketones is 1. The van der Waals surface area contributed by atoms with Gasteiger partial charge in [-0.1, -0.05) is 48.5 Å². The molecule has 1 aliphatic heterocycles. The van der Waals surface area contributed by atoms with Gasteiger partial charge in [-0.2, -0.15) is 0 Å². The van der Waals surface area contributed by atoms with Crippen LogP contribution in [0.3, 0.4) is 0 Å². The minimum Gasteiger partial charge on any atom is -0.507 e. The molecule has 1 amide bonds. The van der Waals surface area contributed by atoms with Crippen LogP contribution in [0.2, 0.25) is 0 Å². The molecule has 6 nitrogen and oxygen atoms in total. The molecule has 1 atom stereocenters. The van der Waals surface area contributed by atoms with Crippen LogP contribution in [-0.2, 0) is 9.59 Å². The maximum absolute atomic E-state index is 13.3. The summed E-state index contributed by atoms with van der Waals surface area (Å²) in [6.07, 6.45) is 3.22. The number of benzene rings is 3. The number of anilines is 1. The summed E-state index contributed by atoms with van der Waals surface area (Å²) in [5, 5.41) is 13.3. The summed E-state index contributed by atoms with van der Waals surface area (Å²) in [4.78, 5) is 32.2. The predicted molar refractivity (Wildman–Crippen MR) is 131 cm³/mol. The van der Waals surface area contributed by atoms with E-state index in [1.807, 2.05) is 43.3 Å². The lowest BCUT2D eigenvalue weighted by molar-refractivity contribution is -0.132. The highest BCUT2D eigenvalue weighted by atomic mass is 16.5. The van der Waals surface area contributed by atoms with Gasteiger partial charge in [-0.05, 0) is 47.5 Å². The van der Waals surface area contributed by atoms with Gasteiger partial charge < -0.3 is 9.84 Å². The van der Waals surface area contributed by atoms with E-state index >= 15 is 0 Å². The van der Waals surface area contributed by atoms with E-state index in [1.165, 1.54) is 4.90 Å². The third-order valence-electron chi connectivity index (χ3n) is 5.87. The smallest absolute Gasteiger partial charge is 0.300 e. The van der Waals surface area contributed by atoms with E-state index in [-0.39, 0.29) is 11.3 Å². The summed E-state index contributed by atoms with van der Waals surface area (Å²) < 4.78 is 5.60. The van der Waals surface area contributed by atoms with Crippen molar-refractivity contribution >= 4 is 33.9 Å². The zero-order valence-electron chi connectivity index (χ0n) is 18.5. The first-order valence-corrected chi connectivity index (χ1v) is 11.0. The molecule has 1 saturated heterocycles. The lowest BCUT2D eigenvalue weighted by Gasteiger charge is -2.25. The summed E-state index contributed by atoms with van der Waals surface area (Å²) in [5.41, 5.74) is 1.61. The van der Waals surface area contributed by atoms with E-state index in [2.05, 4.69) is 4.98 Å². The van der Waals surface area contributed by atoms with Crippen molar-refractivity contribution in [3.63, 3.8) is 0 Å². The zero-order chi connectivity index (χ0) is 23.7. The van der Waals surface area contributed by atoms with Crippen molar-refractivity contribution < 1.29 is 19.4 Å². The number of hydrogen-bond donors (Lipinski definition) is 1. The van der Waals surface area contributed by atoms with Crippen molar-refractivity contribution in [2.75, 3.05) is 11.5 Å². The van der Waals surface area contributed by atoms with Crippen molar-refractivity contribution in [2.45, 2.75) is 13.0 Å². The summed E-state index contributed by atoms with van der Waals surface area (Å²) in [6.45, 7) is 2.34. The van der Waals surface area contributed by atoms with E-state index in [0.29, 0.717) is 29.2 Å². The first-order chi connectivity index (χ1) is 16.6. The number of fused-ring (bicyclic) bond motifs is 1. The topological polar surface area (TPSA) is 79.7 Å². The maximum atomic E-state index is 13.3. The molecule has 0 saturated carbocycles. The van der Waals surface area contributed by atoms with Gasteiger partial charge in [-0.25, -0.2) is 0 Å². The number of aliphatic hydroxyl groups excluding tert-OH is 1. The minimum atomic E-state index is -0.836. The van der Waals surface area contributed by atoms with Crippen LogP contribution in [0.5, 0.6) is 5.75 Å². The van der Waals surface area contributed by atoms with Crippen LogP contribution in [0.4, 0.5) is 5.69 Å². The Balaban J connectivity index is 1.70. The second kappa shape index (κ2) is 8.83. The number of carbonyl (C=O) groups excluding carboxylic acids is 2. The quantitative estimate of drug-likeness (QED) is 0.255. The van der Waals surface area contributed by atoms with Gasteiger partial charge in [-0.3, -0.25) is 19.5 Å². The van der Waals surface area contributed by atoms with Crippen molar-refractivity contribution in [1.29, 1.82) is 0 Å². The molecule has 1 aliphatic rings. The molecule has 3 aromatic carbocycles. The Morgan fingerprint density at radius 3 is 2.56 bits per heavy atom. The minimum absolute atomic E-state index is 0.0232. The van der Waals surface area contributed by atoms with Crippen LogP contribution in [0.1, 0.15) is 24.1 Å². The SMILES string of the molecule is CCOc1cccc(N2C(=O)C(=O)/C(=C(\O)c3ccc4ccccc4c3)C2c2cccnc2)c1. The monoisotopic (exact) mass is 450 g/mol. The second-order valence-electron chi connectivity index (χ2n) is 7.95. The molecule has 2 heterocycles. The average Bonchev–Trinajstić information content (AvgIpc) is 3.14. The van der Waals surface area contributed by atoms with Gasteiger partial charge in [0.1, 0.15) is 11.5 Å². The van der Waals surface area contributed by atoms with E-state index in [4.69, 9.17) is 4.74 Å². The molecule has 0 aliphatic carbocycles. The number of amides is 1. The number of aliphatic hydroxyl groups is 1. The number of pyridine rings is 1. The third kappa shape index (κ3) is 3.69. The largest absolute Gasteiger partial charge is 0.507 e. The highest BCUT2D eigenvalue weighted by Crippen LogP contribution is 2.42. The summed E-state index contributed by atoms with van der Waals surface area (Å²) in [5.74, 6) is -1.10. The summed E-state index contributed by atoms with van der Waals surface area (Å²) in [7, 11) is 0. The Hall–Kier alpha value is -4.45. The molecular formula is C28H22N2O4. The second-order valence-corrected chi connectivity index (χ2v) is 7.95. The van der Waals surface area contributed by atoms with E-state index in [1.54, 1.807) is 54.9 Å². The fourth-order valence-electron chi connectivity index (χ4n) is 4.33. The first kappa shape index (κ1) is 21.4. The molecule has 5 rings (SSSR count). The molecule has 1 N–H and O–H groups in total. The normalized spacial score (nSPS) is 17.3. The molecule has 0 spiro atoms. The summed E-state index contributed by atoms with van der Waals surface area (Å²) >= 11 is 0. The van der Waals surface area contributed by atoms with Crippen molar-refractivity contribution in [2.24, 2.45) is 0 Å². The van der Waals surface area contributed by atoms with Crippen LogP contribution in [0.25, 0.3) is 16.5 Å². The Bertz CT molecular complexity index is 1430. The molecule has 4 aromatic rings. The van der Waals surface area contributed by atoms with E-state index in [0.717, 1.165) is 10.8 Å². The van der Waals surface area contributed by atoms with E-state index < -0.39 is 17.7 Å². The zero-order valence-corrected chi connectivity index (χ0v) is 18.5. The number of Topliss-reactive ketones (excluding diaryl/α,β-unsaturated/α-hetero) is 1. The van der Waals surface area contributed by atoms with Gasteiger partial charge >= 0.3 is 0 Å². The average molecular weight is 450 g/mol. The summed E-state index contributed by atoms with van der Waals surface area (Å²) in [6, 6.07) is 22.9. The molecule has 0 radical (unpaired) electrons. The van der Waals surface area contributed by atoms with Gasteiger partial charge in [0.15, 0.2) is 0 Å². The molecule has 1 fully saturated rings. The van der Waals surface area contributed by atoms with Crippen molar-refractivity contribution in [3.05, 3.63) is 108 Å². The van der Waals surface area contributed by atoms with Crippen LogP contribution < -0.4 is 9.64 Å². The van der Waals surface area contributed by atoms with E-state index in [9.17, 15) is 14.7 Å². The number of nitrogens with zero attached hydrogens (tertiary/aromatic N) is 2. The molecule has 34 heavy (non-hydrogen) atoms. The van der Waals surface area contributed by atoms with Gasteiger partial charge in [0, 0.05) is 29.7 Å². The fourth-order valence-corrected chi connectivity index (χ4v) is 4.33. The highest BCUT2D eigenvalue weighted by Gasteiger charge is 2.47. The first-order valence-electron chi connectivity index (χ1n) is 11.0. The third-order valence-corrected chi connectivity index (χ3v) is 5.87. The van der Waals surface area contributed by atoms with Crippen molar-refractivity contribution in [1.82, 2.24) is 4.98 Å². The highest BCUT2D eigenvalue weighted by molar-refractivity contribution is 6.51. The number of rotatable bonds is 5. The van der Waals surface area contributed by atoms with Crippen LogP contribution in [0, 0.1) is 0 Å². The Labute approximate surface area is 196 Å². The number of ether oxygens (including phenoxy) is 1. The van der Waals surface area contributed by atoms with Gasteiger partial charge in [0.25, 0.3) is 11.7 Å². The lowest BCUT2D eigenvalue weighted by Crippen LogP contribution is -2.29. The molecule has 6 heteroatoms. The predicted octanol–water partition coefficient (Wildman–Crippen LogP) is 5.26. The molecule has 1 unspecified atom stereocenters. The Morgan fingerprint density at radius 1 is 0.971 bits per heavy atom. The number of hydrogen-bond acceptors (Lipinski definition) is 5. The van der Waals surface area contributed by atoms with Gasteiger partial charge in [0.05, 0.1) is 18.2 Å². The molecule has 168 valence electrons. The fraction of sp³-hybridized carbons (Fsp3) is 0.107. The van der Waals surface area contributed by atoms with Crippen LogP contribution in [-0.4, -0.2) is 28.4 Å². The maximum Gasteiger partial charge on any atom is 0.300 e. The van der Waals surface area contributed by atoms with Gasteiger partial charge in [-0.15, -0.1) is 0 Å². The molecule has 0 bridgehead atoms. The number of carbonyl (C=O) groups is 2. The van der Waals surface area contributed by atoms with Crippen LogP contribution in [0.15, 0.2) is 96.8 Å². The Kier molecular flexibility index (Phi) is 5.55. The van der Waals surface area contributed by atoms with Gasteiger partial charge in [0.2, 0.25) is 0 Å². The number of aromatic nitrogens is 1. The van der Waals surface area contributed by atoms with Crippen molar-refractivity contribution in [3.8, 4) is 5.75 Å². The standard InChI is InChI=1S/C28H22N2O4/c1-2-34-23-11-5-10-22(16-23)30-25(21-9-6-14-29-17-21)24(27(32)28(30)33)26(31)20-13-12-18-7-3-4-8-19(18)15-20/h3-17,25,31H,2H2,1H3/b26-24-. The molecular weight excluding hydrogens is 428 g/mol. The molecule has 1 aromatic heterocycles. The Morgan fingerprint density at radius 2 is 1.79 bits per heavy atom.